The Morgan fingerprint density at radius 2 is 1.79 bits per heavy atom. The smallest absolute Gasteiger partial charge is 0.261 e. The van der Waals surface area contributed by atoms with E-state index >= 15 is 0 Å². The molecule has 1 saturated heterocycles. The molecule has 6 heteroatoms. The molecular formula is C23H25N3O3. The second-order valence-corrected chi connectivity index (χ2v) is 8.25. The van der Waals surface area contributed by atoms with Crippen molar-refractivity contribution in [1.82, 2.24) is 9.80 Å². The Bertz CT molecular complexity index is 973. The van der Waals surface area contributed by atoms with E-state index in [1.54, 1.807) is 23.1 Å². The van der Waals surface area contributed by atoms with Gasteiger partial charge >= 0.3 is 0 Å². The van der Waals surface area contributed by atoms with Crippen molar-refractivity contribution in [3.63, 3.8) is 0 Å². The van der Waals surface area contributed by atoms with Gasteiger partial charge in [0.15, 0.2) is 0 Å². The average Bonchev–Trinajstić information content (AvgIpc) is 3.26. The van der Waals surface area contributed by atoms with E-state index in [9.17, 15) is 14.4 Å². The zero-order chi connectivity index (χ0) is 20.6. The molecule has 0 radical (unpaired) electrons. The van der Waals surface area contributed by atoms with E-state index in [0.717, 1.165) is 12.0 Å². The first-order valence-corrected chi connectivity index (χ1v) is 9.95. The molecule has 6 nitrogen and oxygen atoms in total. The van der Waals surface area contributed by atoms with E-state index in [2.05, 4.69) is 6.92 Å². The predicted molar refractivity (Wildman–Crippen MR) is 110 cm³/mol. The quantitative estimate of drug-likeness (QED) is 0.793. The molecule has 150 valence electrons. The summed E-state index contributed by atoms with van der Waals surface area (Å²) in [6.45, 7) is 4.19. The highest BCUT2D eigenvalue weighted by atomic mass is 16.2. The standard InChI is InChI=1S/C23H25N3O3/c1-23(14-24)10-12-25(15-23)20(27)17-7-8-18-19(13-17)22(29)26(21(18)28)11-9-16-5-3-2-4-6-16/h2-8,13H,9-12,14-15,24H2,1H3. The van der Waals surface area contributed by atoms with Crippen LogP contribution in [-0.4, -0.2) is 53.7 Å². The average molecular weight is 391 g/mol. The Labute approximate surface area is 170 Å². The van der Waals surface area contributed by atoms with E-state index in [0.29, 0.717) is 49.3 Å². The first kappa shape index (κ1) is 19.3. The molecule has 0 spiro atoms. The molecular weight excluding hydrogens is 366 g/mol. The van der Waals surface area contributed by atoms with Crippen LogP contribution in [-0.2, 0) is 6.42 Å². The summed E-state index contributed by atoms with van der Waals surface area (Å²) in [5.41, 5.74) is 7.96. The molecule has 0 saturated carbocycles. The molecule has 2 N–H and O–H groups in total. The molecule has 0 aliphatic carbocycles. The van der Waals surface area contributed by atoms with Gasteiger partial charge in [0.05, 0.1) is 11.1 Å². The molecule has 2 aliphatic rings. The van der Waals surface area contributed by atoms with Crippen molar-refractivity contribution >= 4 is 17.7 Å². The van der Waals surface area contributed by atoms with Crippen molar-refractivity contribution in [3.05, 3.63) is 70.8 Å². The van der Waals surface area contributed by atoms with Gasteiger partial charge in [-0.2, -0.15) is 0 Å². The van der Waals surface area contributed by atoms with Gasteiger partial charge in [0.25, 0.3) is 17.7 Å². The number of carbonyl (C=O) groups is 3. The van der Waals surface area contributed by atoms with Gasteiger partial charge in [-0.1, -0.05) is 37.3 Å². The maximum atomic E-state index is 12.9. The Morgan fingerprint density at radius 3 is 2.48 bits per heavy atom. The lowest BCUT2D eigenvalue weighted by molar-refractivity contribution is 0.0655. The number of nitrogens with zero attached hydrogens (tertiary/aromatic N) is 2. The first-order chi connectivity index (χ1) is 13.9. The number of amides is 3. The Hall–Kier alpha value is -2.99. The predicted octanol–water partition coefficient (Wildman–Crippen LogP) is 2.34. The third kappa shape index (κ3) is 3.56. The number of fused-ring (bicyclic) bond motifs is 1. The summed E-state index contributed by atoms with van der Waals surface area (Å²) in [6, 6.07) is 14.6. The minimum Gasteiger partial charge on any atom is -0.338 e. The van der Waals surface area contributed by atoms with Crippen LogP contribution in [0.15, 0.2) is 48.5 Å². The van der Waals surface area contributed by atoms with Gasteiger partial charge in [-0.3, -0.25) is 19.3 Å². The van der Waals surface area contributed by atoms with Crippen LogP contribution in [0.1, 0.15) is 50.0 Å². The largest absolute Gasteiger partial charge is 0.338 e. The molecule has 1 unspecified atom stereocenters. The minimum atomic E-state index is -0.330. The normalized spacial score (nSPS) is 21.0. The second-order valence-electron chi connectivity index (χ2n) is 8.25. The lowest BCUT2D eigenvalue weighted by atomic mass is 9.90. The van der Waals surface area contributed by atoms with E-state index in [-0.39, 0.29) is 23.1 Å². The first-order valence-electron chi connectivity index (χ1n) is 9.95. The van der Waals surface area contributed by atoms with Gasteiger partial charge in [0.1, 0.15) is 0 Å². The minimum absolute atomic E-state index is 0.0631. The van der Waals surface area contributed by atoms with Crippen LogP contribution in [0.2, 0.25) is 0 Å². The van der Waals surface area contributed by atoms with Crippen molar-refractivity contribution in [1.29, 1.82) is 0 Å². The highest BCUT2D eigenvalue weighted by Gasteiger charge is 2.38. The zero-order valence-electron chi connectivity index (χ0n) is 16.6. The number of likely N-dealkylation sites (tertiary alicyclic amines) is 1. The fourth-order valence-corrected chi connectivity index (χ4v) is 4.06. The summed E-state index contributed by atoms with van der Waals surface area (Å²) in [5.74, 6) is -0.742. The van der Waals surface area contributed by atoms with E-state index in [4.69, 9.17) is 5.73 Å². The van der Waals surface area contributed by atoms with E-state index < -0.39 is 0 Å². The number of imide groups is 1. The number of nitrogens with two attached hydrogens (primary N) is 1. The maximum absolute atomic E-state index is 12.9. The van der Waals surface area contributed by atoms with Crippen molar-refractivity contribution in [2.45, 2.75) is 19.8 Å². The second kappa shape index (κ2) is 7.44. The van der Waals surface area contributed by atoms with Crippen molar-refractivity contribution < 1.29 is 14.4 Å². The number of hydrogen-bond acceptors (Lipinski definition) is 4. The molecule has 0 aromatic heterocycles. The van der Waals surface area contributed by atoms with E-state index in [1.165, 1.54) is 4.90 Å². The Kier molecular flexibility index (Phi) is 4.96. The molecule has 1 atom stereocenters. The van der Waals surface area contributed by atoms with Crippen LogP contribution >= 0.6 is 0 Å². The maximum Gasteiger partial charge on any atom is 0.261 e. The van der Waals surface area contributed by atoms with Gasteiger partial charge in [-0.25, -0.2) is 0 Å². The van der Waals surface area contributed by atoms with Crippen LogP contribution in [0.5, 0.6) is 0 Å². The summed E-state index contributed by atoms with van der Waals surface area (Å²) in [6.07, 6.45) is 1.47. The highest BCUT2D eigenvalue weighted by molar-refractivity contribution is 6.22. The Morgan fingerprint density at radius 1 is 1.07 bits per heavy atom. The molecule has 0 bridgehead atoms. The lowest BCUT2D eigenvalue weighted by Crippen LogP contribution is -2.34. The molecule has 2 heterocycles. The third-order valence-electron chi connectivity index (χ3n) is 6.02. The summed E-state index contributed by atoms with van der Waals surface area (Å²) >= 11 is 0. The van der Waals surface area contributed by atoms with Gasteiger partial charge in [0, 0.05) is 25.2 Å². The zero-order valence-corrected chi connectivity index (χ0v) is 16.6. The third-order valence-corrected chi connectivity index (χ3v) is 6.02. The fraction of sp³-hybridized carbons (Fsp3) is 0.348. The summed E-state index contributed by atoms with van der Waals surface area (Å²) in [5, 5.41) is 0. The fourth-order valence-electron chi connectivity index (χ4n) is 4.06. The SMILES string of the molecule is CC1(CN)CCN(C(=O)c2ccc3c(c2)C(=O)N(CCc2ccccc2)C3=O)C1. The molecule has 2 aromatic carbocycles. The number of rotatable bonds is 5. The monoisotopic (exact) mass is 391 g/mol. The van der Waals surface area contributed by atoms with Crippen LogP contribution in [0.25, 0.3) is 0 Å². The number of hydrogen-bond donors (Lipinski definition) is 1. The Balaban J connectivity index is 1.50. The molecule has 2 aromatic rings. The van der Waals surface area contributed by atoms with Crippen molar-refractivity contribution in [3.8, 4) is 0 Å². The van der Waals surface area contributed by atoms with Gasteiger partial charge in [-0.15, -0.1) is 0 Å². The van der Waals surface area contributed by atoms with Gasteiger partial charge in [-0.05, 0) is 48.6 Å². The number of benzene rings is 2. The van der Waals surface area contributed by atoms with Gasteiger partial charge < -0.3 is 10.6 Å². The van der Waals surface area contributed by atoms with Gasteiger partial charge in [0.2, 0.25) is 0 Å². The lowest BCUT2D eigenvalue weighted by Gasteiger charge is -2.22. The molecule has 29 heavy (non-hydrogen) atoms. The molecule has 2 aliphatic heterocycles. The van der Waals surface area contributed by atoms with Crippen LogP contribution in [0.3, 0.4) is 0 Å². The summed E-state index contributed by atoms with van der Waals surface area (Å²) < 4.78 is 0. The highest BCUT2D eigenvalue weighted by Crippen LogP contribution is 2.30. The van der Waals surface area contributed by atoms with Crippen molar-refractivity contribution in [2.24, 2.45) is 11.1 Å². The van der Waals surface area contributed by atoms with Crippen LogP contribution in [0, 0.1) is 5.41 Å². The number of carbonyl (C=O) groups excluding carboxylic acids is 3. The summed E-state index contributed by atoms with van der Waals surface area (Å²) in [4.78, 5) is 41.5. The molecule has 4 rings (SSSR count). The van der Waals surface area contributed by atoms with Crippen LogP contribution < -0.4 is 5.73 Å². The van der Waals surface area contributed by atoms with Crippen molar-refractivity contribution in [2.75, 3.05) is 26.2 Å². The topological polar surface area (TPSA) is 83.7 Å². The van der Waals surface area contributed by atoms with Crippen LogP contribution in [0.4, 0.5) is 0 Å². The van der Waals surface area contributed by atoms with E-state index in [1.807, 2.05) is 30.3 Å². The molecule has 1 fully saturated rings. The molecule has 3 amide bonds. The summed E-state index contributed by atoms with van der Waals surface area (Å²) in [7, 11) is 0.